The molecule has 1 aromatic carbocycles. The summed E-state index contributed by atoms with van der Waals surface area (Å²) in [5, 5.41) is -0.552. The van der Waals surface area contributed by atoms with Crippen molar-refractivity contribution >= 4 is 17.5 Å². The zero-order valence-electron chi connectivity index (χ0n) is 24.2. The Morgan fingerprint density at radius 2 is 2.15 bits per heavy atom. The van der Waals surface area contributed by atoms with Gasteiger partial charge < -0.3 is 4.90 Å². The van der Waals surface area contributed by atoms with Gasteiger partial charge in [-0.3, -0.25) is 4.79 Å². The zero-order valence-corrected chi connectivity index (χ0v) is 14.9. The molecule has 0 bridgehead atoms. The average molecular weight is 404 g/mol. The van der Waals surface area contributed by atoms with Gasteiger partial charge in [-0.2, -0.15) is 0 Å². The molecular formula is C20H22ClF2N3O. The maximum absolute atomic E-state index is 16.5. The Morgan fingerprint density at radius 1 is 1.41 bits per heavy atom. The topological polar surface area (TPSA) is 46.1 Å². The minimum Gasteiger partial charge on any atom is -0.338 e. The molecule has 1 saturated heterocycles. The van der Waals surface area contributed by atoms with Crippen molar-refractivity contribution in [1.29, 1.82) is 0 Å². The number of aryl methyl sites for hydroxylation is 2. The first-order valence-electron chi connectivity index (χ1n) is 12.9. The smallest absolute Gasteiger partial charge is 0.253 e. The number of nitrogens with zero attached hydrogens (tertiary/aromatic N) is 3. The Bertz CT molecular complexity index is 1220. The summed E-state index contributed by atoms with van der Waals surface area (Å²) in [7, 11) is 0. The van der Waals surface area contributed by atoms with E-state index in [0.717, 1.165) is 18.2 Å². The van der Waals surface area contributed by atoms with Gasteiger partial charge in [-0.15, -0.1) is 0 Å². The summed E-state index contributed by atoms with van der Waals surface area (Å²) in [6.07, 6.45) is -10.8. The van der Waals surface area contributed by atoms with Crippen LogP contribution >= 0.6 is 11.6 Å². The maximum atomic E-state index is 16.5. The highest BCUT2D eigenvalue weighted by molar-refractivity contribution is 6.31. The van der Waals surface area contributed by atoms with Gasteiger partial charge in [0.1, 0.15) is 17.3 Å². The van der Waals surface area contributed by atoms with Crippen LogP contribution in [0.15, 0.2) is 30.6 Å². The number of likely N-dealkylation sites (tertiary alicyclic amines) is 1. The fourth-order valence-corrected chi connectivity index (χ4v) is 2.33. The predicted octanol–water partition coefficient (Wildman–Crippen LogP) is 4.54. The Labute approximate surface area is 176 Å². The number of halogens is 3. The minimum absolute atomic E-state index is 0.199. The fourth-order valence-electron chi connectivity index (χ4n) is 2.15. The van der Waals surface area contributed by atoms with Crippen LogP contribution in [0, 0.1) is 12.7 Å². The van der Waals surface area contributed by atoms with Crippen LogP contribution in [0.1, 0.15) is 61.0 Å². The molecule has 1 atom stereocenters. The molecule has 0 radical (unpaired) electrons. The number of carbonyl (C=O) groups is 1. The largest absolute Gasteiger partial charge is 0.338 e. The Hall–Kier alpha value is -2.08. The van der Waals surface area contributed by atoms with Gasteiger partial charge in [-0.25, -0.2) is 18.7 Å². The van der Waals surface area contributed by atoms with Crippen LogP contribution < -0.4 is 0 Å². The summed E-state index contributed by atoms with van der Waals surface area (Å²) >= 11 is 5.66. The van der Waals surface area contributed by atoms with Gasteiger partial charge in [0.25, 0.3) is 5.91 Å². The van der Waals surface area contributed by atoms with Crippen molar-refractivity contribution < 1.29 is 27.3 Å². The summed E-state index contributed by atoms with van der Waals surface area (Å²) in [6.45, 7) is -5.51. The number of amides is 1. The van der Waals surface area contributed by atoms with E-state index in [4.69, 9.17) is 25.3 Å². The number of rotatable bonds is 5. The highest BCUT2D eigenvalue weighted by Gasteiger charge is 2.35. The number of hydrogen-bond donors (Lipinski definition) is 0. The third kappa shape index (κ3) is 5.01. The summed E-state index contributed by atoms with van der Waals surface area (Å²) in [5.74, 6) is -2.94. The molecule has 2 heterocycles. The quantitative estimate of drug-likeness (QED) is 0.736. The molecule has 1 unspecified atom stereocenters. The first-order valence-corrected chi connectivity index (χ1v) is 8.26. The standard InChI is InChI=1S/C20H22ClF2N3O/c1-14-12-24-18(25-13-14)3-2-6-20(23)7-9-26(10-8-20)19(27)15-4-5-17(22)16(21)11-15/h4-5,11-13H,2-3,6-10H2,1H3/i3D2,6D2,7D2,9D2,10D2. The van der Waals surface area contributed by atoms with Gasteiger partial charge in [-0.1, -0.05) is 11.6 Å². The summed E-state index contributed by atoms with van der Waals surface area (Å²) in [6, 6.07) is 2.39. The molecule has 7 heteroatoms. The lowest BCUT2D eigenvalue weighted by Gasteiger charge is -2.36. The van der Waals surface area contributed by atoms with Crippen LogP contribution in [0.25, 0.3) is 0 Å². The van der Waals surface area contributed by atoms with E-state index >= 15 is 4.39 Å². The van der Waals surface area contributed by atoms with Crippen molar-refractivity contribution in [3.8, 4) is 0 Å². The molecule has 0 spiro atoms. The van der Waals surface area contributed by atoms with Gasteiger partial charge in [0.05, 0.1) is 5.02 Å². The van der Waals surface area contributed by atoms with Crippen LogP contribution in [0.2, 0.25) is 5.02 Å². The van der Waals surface area contributed by atoms with E-state index in [-0.39, 0.29) is 4.90 Å². The molecule has 3 rings (SSSR count). The predicted molar refractivity (Wildman–Crippen MR) is 100 cm³/mol. The number of hydrogen-bond acceptors (Lipinski definition) is 3. The van der Waals surface area contributed by atoms with Gasteiger partial charge in [0.2, 0.25) is 0 Å². The number of aromatic nitrogens is 2. The van der Waals surface area contributed by atoms with Gasteiger partial charge in [-0.05, 0) is 56.3 Å². The van der Waals surface area contributed by atoms with E-state index in [2.05, 4.69) is 9.97 Å². The van der Waals surface area contributed by atoms with E-state index in [0.29, 0.717) is 5.56 Å². The summed E-state index contributed by atoms with van der Waals surface area (Å²) < 4.78 is 113. The second-order valence-corrected chi connectivity index (χ2v) is 6.16. The molecule has 0 N–H and O–H groups in total. The van der Waals surface area contributed by atoms with E-state index in [1.165, 1.54) is 12.4 Å². The molecule has 1 fully saturated rings. The molecule has 27 heavy (non-hydrogen) atoms. The normalized spacial score (nSPS) is 32.1. The Balaban J connectivity index is 2.07. The van der Waals surface area contributed by atoms with Crippen LogP contribution in [-0.4, -0.2) is 39.4 Å². The first-order chi connectivity index (χ1) is 16.6. The number of piperidine rings is 1. The average Bonchev–Trinajstić information content (AvgIpc) is 2.73. The second-order valence-electron chi connectivity index (χ2n) is 5.76. The number of benzene rings is 1. The highest BCUT2D eigenvalue weighted by atomic mass is 35.5. The van der Waals surface area contributed by atoms with Gasteiger partial charge >= 0.3 is 0 Å². The SMILES string of the molecule is [2H]C([2H])(CC([2H])([2H])C1(F)CC([2H])([2H])N(C(=O)c2ccc(F)c(Cl)c2)C([2H])([2H])C1([2H])[2H])c1ncc(C)cn1. The molecule has 0 saturated carbocycles. The molecule has 2 aromatic rings. The molecular weight excluding hydrogens is 372 g/mol. The van der Waals surface area contributed by atoms with E-state index in [1.54, 1.807) is 6.92 Å². The van der Waals surface area contributed by atoms with Crippen molar-refractivity contribution in [2.24, 2.45) is 0 Å². The van der Waals surface area contributed by atoms with Gasteiger partial charge in [0.15, 0.2) is 0 Å². The third-order valence-corrected chi connectivity index (χ3v) is 3.90. The minimum atomic E-state index is -3.98. The van der Waals surface area contributed by atoms with Crippen molar-refractivity contribution in [1.82, 2.24) is 14.9 Å². The van der Waals surface area contributed by atoms with Crippen molar-refractivity contribution in [2.75, 3.05) is 13.0 Å². The van der Waals surface area contributed by atoms with Crippen LogP contribution in [-0.2, 0) is 6.37 Å². The first kappa shape index (κ1) is 10.5. The zero-order chi connectivity index (χ0) is 28.4. The third-order valence-electron chi connectivity index (χ3n) is 3.61. The molecule has 1 aliphatic heterocycles. The maximum Gasteiger partial charge on any atom is 0.253 e. The molecule has 1 aromatic heterocycles. The lowest BCUT2D eigenvalue weighted by Crippen LogP contribution is -2.44. The van der Waals surface area contributed by atoms with Crippen LogP contribution in [0.4, 0.5) is 8.78 Å². The summed E-state index contributed by atoms with van der Waals surface area (Å²) in [5.41, 5.74) is -3.94. The van der Waals surface area contributed by atoms with Crippen molar-refractivity contribution in [3.05, 3.63) is 58.4 Å². The molecule has 1 amide bonds. The Morgan fingerprint density at radius 3 is 2.85 bits per heavy atom. The number of alkyl halides is 1. The highest BCUT2D eigenvalue weighted by Crippen LogP contribution is 2.32. The van der Waals surface area contributed by atoms with Crippen molar-refractivity contribution in [2.45, 2.75) is 44.6 Å². The van der Waals surface area contributed by atoms with E-state index in [9.17, 15) is 9.18 Å². The number of carbonyl (C=O) groups excluding carboxylic acids is 1. The van der Waals surface area contributed by atoms with Crippen molar-refractivity contribution in [3.63, 3.8) is 0 Å². The fraction of sp³-hybridized carbons (Fsp3) is 0.450. The van der Waals surface area contributed by atoms with E-state index < -0.39 is 78.8 Å². The van der Waals surface area contributed by atoms with Crippen LogP contribution in [0.3, 0.4) is 0 Å². The van der Waals surface area contributed by atoms with Gasteiger partial charge in [0, 0.05) is 51.0 Å². The monoisotopic (exact) mass is 403 g/mol. The molecule has 1 aliphatic rings. The Kier molecular flexibility index (Phi) is 3.21. The molecule has 4 nitrogen and oxygen atoms in total. The second kappa shape index (κ2) is 8.30. The van der Waals surface area contributed by atoms with Crippen LogP contribution in [0.5, 0.6) is 0 Å². The summed E-state index contributed by atoms with van der Waals surface area (Å²) in [4.78, 5) is 20.4. The lowest BCUT2D eigenvalue weighted by atomic mass is 9.88. The molecule has 144 valence electrons. The lowest BCUT2D eigenvalue weighted by molar-refractivity contribution is 0.0389. The molecule has 0 aliphatic carbocycles. The van der Waals surface area contributed by atoms with E-state index in [1.807, 2.05) is 0 Å².